The number of halogens is 1. The Morgan fingerprint density at radius 1 is 1.17 bits per heavy atom. The number of thiophene rings is 1. The van der Waals surface area contributed by atoms with Gasteiger partial charge >= 0.3 is 5.97 Å². The zero-order chi connectivity index (χ0) is 21.1. The molecule has 0 atom stereocenters. The highest BCUT2D eigenvalue weighted by molar-refractivity contribution is 7.20. The Labute approximate surface area is 175 Å². The molecular formula is C22H18FN3O3S. The first kappa shape index (κ1) is 19.9. The van der Waals surface area contributed by atoms with Crippen LogP contribution in [0.4, 0.5) is 4.39 Å². The number of rotatable bonds is 6. The summed E-state index contributed by atoms with van der Waals surface area (Å²) in [5.41, 5.74) is 1.43. The molecule has 8 heteroatoms. The molecule has 152 valence electrons. The second-order valence-electron chi connectivity index (χ2n) is 6.71. The maximum atomic E-state index is 14.0. The van der Waals surface area contributed by atoms with Crippen molar-refractivity contribution in [2.75, 3.05) is 6.61 Å². The lowest BCUT2D eigenvalue weighted by molar-refractivity contribution is 0.0513. The Morgan fingerprint density at radius 3 is 2.73 bits per heavy atom. The van der Waals surface area contributed by atoms with Gasteiger partial charge in [-0.25, -0.2) is 14.2 Å². The minimum absolute atomic E-state index is 0.0631. The van der Waals surface area contributed by atoms with Crippen molar-refractivity contribution < 1.29 is 13.9 Å². The molecule has 0 amide bonds. The summed E-state index contributed by atoms with van der Waals surface area (Å²) in [5.74, 6) is -0.879. The summed E-state index contributed by atoms with van der Waals surface area (Å²) < 4.78 is 20.7. The third kappa shape index (κ3) is 3.99. The number of hydrogen-bond donors (Lipinski definition) is 0. The first-order chi connectivity index (χ1) is 14.5. The molecule has 3 aromatic heterocycles. The van der Waals surface area contributed by atoms with E-state index < -0.39 is 5.97 Å². The molecule has 0 fully saturated rings. The van der Waals surface area contributed by atoms with Crippen LogP contribution < -0.4 is 5.56 Å². The normalized spacial score (nSPS) is 11.0. The lowest BCUT2D eigenvalue weighted by atomic mass is 10.2. The Morgan fingerprint density at radius 2 is 1.97 bits per heavy atom. The zero-order valence-electron chi connectivity index (χ0n) is 16.2. The van der Waals surface area contributed by atoms with Gasteiger partial charge in [0.15, 0.2) is 0 Å². The van der Waals surface area contributed by atoms with Crippen molar-refractivity contribution in [2.24, 2.45) is 0 Å². The highest BCUT2D eigenvalue weighted by Crippen LogP contribution is 2.27. The first-order valence-electron chi connectivity index (χ1n) is 9.33. The summed E-state index contributed by atoms with van der Waals surface area (Å²) in [6.45, 7) is 1.95. The van der Waals surface area contributed by atoms with E-state index in [4.69, 9.17) is 4.74 Å². The summed E-state index contributed by atoms with van der Waals surface area (Å²) in [6, 6.07) is 11.8. The third-order valence-corrected chi connectivity index (χ3v) is 5.90. The summed E-state index contributed by atoms with van der Waals surface area (Å²) in [7, 11) is 0. The lowest BCUT2D eigenvalue weighted by Crippen LogP contribution is -2.21. The molecule has 0 aliphatic carbocycles. The van der Waals surface area contributed by atoms with Gasteiger partial charge in [-0.3, -0.25) is 14.3 Å². The number of aryl methyl sites for hydroxylation is 1. The lowest BCUT2D eigenvalue weighted by Gasteiger charge is -2.06. The number of nitrogens with zero attached hydrogens (tertiary/aromatic N) is 3. The molecule has 4 aromatic rings. The van der Waals surface area contributed by atoms with Crippen LogP contribution >= 0.6 is 11.3 Å². The average Bonchev–Trinajstić information content (AvgIpc) is 3.09. The second-order valence-corrected chi connectivity index (χ2v) is 7.71. The van der Waals surface area contributed by atoms with Crippen molar-refractivity contribution in [3.8, 4) is 0 Å². The standard InChI is InChI=1S/C22H18FN3O3S/c1-14-18-20(25-13-26(21(18)27)12-15-6-2-3-8-17(15)23)30-19(14)22(28)29-11-9-16-7-4-5-10-24-16/h2-8,10,13H,9,11-12H2,1H3. The van der Waals surface area contributed by atoms with Crippen molar-refractivity contribution in [1.82, 2.24) is 14.5 Å². The van der Waals surface area contributed by atoms with E-state index in [1.165, 1.54) is 17.0 Å². The van der Waals surface area contributed by atoms with Gasteiger partial charge in [0.2, 0.25) is 0 Å². The fourth-order valence-corrected chi connectivity index (χ4v) is 4.17. The molecule has 4 rings (SSSR count). The number of benzene rings is 1. The van der Waals surface area contributed by atoms with E-state index in [0.717, 1.165) is 17.0 Å². The Hall–Kier alpha value is -3.39. The molecule has 0 bridgehead atoms. The number of pyridine rings is 1. The van der Waals surface area contributed by atoms with E-state index in [9.17, 15) is 14.0 Å². The predicted octanol–water partition coefficient (Wildman–Crippen LogP) is 3.75. The molecule has 0 spiro atoms. The SMILES string of the molecule is Cc1c(C(=O)OCCc2ccccn2)sc2ncn(Cc3ccccc3F)c(=O)c12. The fourth-order valence-electron chi connectivity index (χ4n) is 3.14. The third-order valence-electron chi connectivity index (χ3n) is 4.72. The molecule has 0 aliphatic heterocycles. The van der Waals surface area contributed by atoms with Crippen LogP contribution in [0.3, 0.4) is 0 Å². The highest BCUT2D eigenvalue weighted by Gasteiger charge is 2.21. The highest BCUT2D eigenvalue weighted by atomic mass is 32.1. The minimum atomic E-state index is -0.494. The topological polar surface area (TPSA) is 74.1 Å². The maximum absolute atomic E-state index is 14.0. The predicted molar refractivity (Wildman–Crippen MR) is 112 cm³/mol. The van der Waals surface area contributed by atoms with Gasteiger partial charge in [0.1, 0.15) is 15.5 Å². The van der Waals surface area contributed by atoms with Gasteiger partial charge in [-0.15, -0.1) is 11.3 Å². The minimum Gasteiger partial charge on any atom is -0.461 e. The molecule has 0 radical (unpaired) electrons. The maximum Gasteiger partial charge on any atom is 0.348 e. The Balaban J connectivity index is 1.56. The second kappa shape index (κ2) is 8.54. The molecule has 1 aromatic carbocycles. The first-order valence-corrected chi connectivity index (χ1v) is 10.1. The van der Waals surface area contributed by atoms with E-state index >= 15 is 0 Å². The molecule has 0 unspecified atom stereocenters. The number of carbonyl (C=O) groups excluding carboxylic acids is 1. The van der Waals surface area contributed by atoms with Crippen LogP contribution in [0.5, 0.6) is 0 Å². The van der Waals surface area contributed by atoms with E-state index in [-0.39, 0.29) is 24.5 Å². The van der Waals surface area contributed by atoms with Crippen LogP contribution in [0, 0.1) is 12.7 Å². The van der Waals surface area contributed by atoms with Crippen molar-refractivity contribution in [3.63, 3.8) is 0 Å². The molecule has 0 aliphatic rings. The van der Waals surface area contributed by atoms with Crippen LogP contribution in [0.2, 0.25) is 0 Å². The number of ether oxygens (including phenoxy) is 1. The molecular weight excluding hydrogens is 405 g/mol. The van der Waals surface area contributed by atoms with Gasteiger partial charge in [-0.2, -0.15) is 0 Å². The van der Waals surface area contributed by atoms with E-state index in [0.29, 0.717) is 32.6 Å². The van der Waals surface area contributed by atoms with Crippen molar-refractivity contribution in [1.29, 1.82) is 0 Å². The van der Waals surface area contributed by atoms with Crippen molar-refractivity contribution >= 4 is 27.5 Å². The van der Waals surface area contributed by atoms with Gasteiger partial charge in [-0.05, 0) is 30.7 Å². The Bertz CT molecular complexity index is 1270. The summed E-state index contributed by atoms with van der Waals surface area (Å²) in [6.07, 6.45) is 3.57. The van der Waals surface area contributed by atoms with Gasteiger partial charge < -0.3 is 4.74 Å². The summed E-state index contributed by atoms with van der Waals surface area (Å²) >= 11 is 1.12. The van der Waals surface area contributed by atoms with Crippen molar-refractivity contribution in [2.45, 2.75) is 19.9 Å². The molecule has 0 saturated carbocycles. The van der Waals surface area contributed by atoms with Crippen LogP contribution in [0.25, 0.3) is 10.2 Å². The number of esters is 1. The number of fused-ring (bicyclic) bond motifs is 1. The number of hydrogen-bond acceptors (Lipinski definition) is 6. The zero-order valence-corrected chi connectivity index (χ0v) is 17.0. The quantitative estimate of drug-likeness (QED) is 0.442. The largest absolute Gasteiger partial charge is 0.461 e. The van der Waals surface area contributed by atoms with Crippen LogP contribution in [-0.2, 0) is 17.7 Å². The number of aromatic nitrogens is 3. The summed E-state index contributed by atoms with van der Waals surface area (Å²) in [5, 5.41) is 0.357. The van der Waals surface area contributed by atoms with Gasteiger partial charge in [0, 0.05) is 23.9 Å². The van der Waals surface area contributed by atoms with Gasteiger partial charge in [0.25, 0.3) is 5.56 Å². The van der Waals surface area contributed by atoms with Crippen LogP contribution in [0.15, 0.2) is 59.8 Å². The van der Waals surface area contributed by atoms with Gasteiger partial charge in [0.05, 0.1) is 24.9 Å². The molecule has 3 heterocycles. The van der Waals surface area contributed by atoms with Crippen LogP contribution in [-0.4, -0.2) is 27.1 Å². The molecule has 30 heavy (non-hydrogen) atoms. The van der Waals surface area contributed by atoms with Gasteiger partial charge in [-0.1, -0.05) is 24.3 Å². The number of carbonyl (C=O) groups is 1. The molecule has 0 saturated heterocycles. The van der Waals surface area contributed by atoms with E-state index in [1.54, 1.807) is 31.3 Å². The average molecular weight is 423 g/mol. The van der Waals surface area contributed by atoms with E-state index in [1.807, 2.05) is 18.2 Å². The van der Waals surface area contributed by atoms with E-state index in [2.05, 4.69) is 9.97 Å². The summed E-state index contributed by atoms with van der Waals surface area (Å²) in [4.78, 5) is 34.8. The molecule has 6 nitrogen and oxygen atoms in total. The van der Waals surface area contributed by atoms with Crippen LogP contribution in [0.1, 0.15) is 26.5 Å². The van der Waals surface area contributed by atoms with Crippen molar-refractivity contribution in [3.05, 3.63) is 92.9 Å². The monoisotopic (exact) mass is 423 g/mol. The fraction of sp³-hybridized carbons (Fsp3) is 0.182. The smallest absolute Gasteiger partial charge is 0.348 e. The Kier molecular flexibility index (Phi) is 5.67. The molecule has 0 N–H and O–H groups in total.